The summed E-state index contributed by atoms with van der Waals surface area (Å²) in [7, 11) is 0. The van der Waals surface area contributed by atoms with Crippen molar-refractivity contribution in [2.45, 2.75) is 19.4 Å². The molecule has 0 atom stereocenters. The number of rotatable bonds is 5. The third kappa shape index (κ3) is 3.51. The van der Waals surface area contributed by atoms with E-state index >= 15 is 0 Å². The zero-order valence-electron chi connectivity index (χ0n) is 10.3. The fourth-order valence-corrected chi connectivity index (χ4v) is 1.92. The molecule has 1 amide bonds. The molecule has 1 aromatic rings. The number of nitrogens with zero attached hydrogens (tertiary/aromatic N) is 3. The van der Waals surface area contributed by atoms with Crippen LogP contribution in [0.25, 0.3) is 0 Å². The van der Waals surface area contributed by atoms with Crippen molar-refractivity contribution in [3.63, 3.8) is 0 Å². The van der Waals surface area contributed by atoms with Crippen LogP contribution in [0.4, 0.5) is 0 Å². The number of hydrogen-bond donors (Lipinski definition) is 2. The molecular weight excluding hydrogens is 234 g/mol. The smallest absolute Gasteiger partial charge is 0.273 e. The van der Waals surface area contributed by atoms with E-state index in [2.05, 4.69) is 15.6 Å². The van der Waals surface area contributed by atoms with Crippen molar-refractivity contribution in [2.75, 3.05) is 26.3 Å². The first kappa shape index (κ1) is 13.0. The fraction of sp³-hybridized carbons (Fsp3) is 0.727. The number of aromatic nitrogens is 3. The van der Waals surface area contributed by atoms with E-state index in [1.807, 2.05) is 0 Å². The van der Waals surface area contributed by atoms with Gasteiger partial charge in [0.25, 0.3) is 5.91 Å². The average molecular weight is 253 g/mol. The number of ether oxygens (including phenoxy) is 1. The Bertz CT molecular complexity index is 387. The normalized spacial score (nSPS) is 16.7. The largest absolute Gasteiger partial charge is 0.381 e. The standard InChI is InChI=1S/C11H19N5O2/c12-3-4-16-8-10(14-15-16)11(17)13-7-9-1-5-18-6-2-9/h8-9H,1-7,12H2,(H,13,17). The van der Waals surface area contributed by atoms with E-state index in [4.69, 9.17) is 10.5 Å². The van der Waals surface area contributed by atoms with Gasteiger partial charge in [0.15, 0.2) is 5.69 Å². The van der Waals surface area contributed by atoms with Gasteiger partial charge in [0.1, 0.15) is 0 Å². The number of nitrogens with one attached hydrogen (secondary N) is 1. The Morgan fingerprint density at radius 2 is 2.33 bits per heavy atom. The lowest BCUT2D eigenvalue weighted by molar-refractivity contribution is 0.0642. The molecule has 1 aliphatic rings. The van der Waals surface area contributed by atoms with E-state index in [0.717, 1.165) is 26.1 Å². The van der Waals surface area contributed by atoms with Crippen LogP contribution in [0.3, 0.4) is 0 Å². The minimum Gasteiger partial charge on any atom is -0.381 e. The zero-order valence-corrected chi connectivity index (χ0v) is 10.3. The van der Waals surface area contributed by atoms with Crippen molar-refractivity contribution in [2.24, 2.45) is 11.7 Å². The predicted molar refractivity (Wildman–Crippen MR) is 65.0 cm³/mol. The van der Waals surface area contributed by atoms with Crippen LogP contribution in [0.1, 0.15) is 23.3 Å². The highest BCUT2D eigenvalue weighted by Gasteiger charge is 2.16. The second-order valence-electron chi connectivity index (χ2n) is 4.42. The summed E-state index contributed by atoms with van der Waals surface area (Å²) in [6.07, 6.45) is 3.62. The Hall–Kier alpha value is -1.47. The number of amides is 1. The van der Waals surface area contributed by atoms with Crippen LogP contribution in [0, 0.1) is 5.92 Å². The molecule has 1 aromatic heterocycles. The highest BCUT2D eigenvalue weighted by atomic mass is 16.5. The van der Waals surface area contributed by atoms with Crippen molar-refractivity contribution in [3.8, 4) is 0 Å². The maximum absolute atomic E-state index is 11.8. The second kappa shape index (κ2) is 6.46. The van der Waals surface area contributed by atoms with E-state index in [-0.39, 0.29) is 5.91 Å². The molecule has 1 fully saturated rings. The van der Waals surface area contributed by atoms with Gasteiger partial charge in [-0.15, -0.1) is 5.10 Å². The Balaban J connectivity index is 1.79. The molecule has 0 saturated carbocycles. The third-order valence-corrected chi connectivity index (χ3v) is 3.02. The lowest BCUT2D eigenvalue weighted by atomic mass is 10.0. The molecule has 0 aliphatic carbocycles. The van der Waals surface area contributed by atoms with Crippen LogP contribution < -0.4 is 11.1 Å². The van der Waals surface area contributed by atoms with Gasteiger partial charge in [0, 0.05) is 26.3 Å². The number of carbonyl (C=O) groups is 1. The van der Waals surface area contributed by atoms with Crippen LogP contribution >= 0.6 is 0 Å². The molecule has 0 radical (unpaired) electrons. The van der Waals surface area contributed by atoms with Crippen LogP contribution in [0.15, 0.2) is 6.20 Å². The van der Waals surface area contributed by atoms with Gasteiger partial charge in [-0.2, -0.15) is 0 Å². The SMILES string of the molecule is NCCn1cc(C(=O)NCC2CCOCC2)nn1. The molecule has 7 heteroatoms. The van der Waals surface area contributed by atoms with Crippen molar-refractivity contribution < 1.29 is 9.53 Å². The molecule has 2 rings (SSSR count). The van der Waals surface area contributed by atoms with E-state index in [0.29, 0.717) is 31.2 Å². The van der Waals surface area contributed by atoms with Crippen molar-refractivity contribution >= 4 is 5.91 Å². The molecule has 1 aliphatic heterocycles. The molecule has 1 saturated heterocycles. The minimum absolute atomic E-state index is 0.176. The van der Waals surface area contributed by atoms with E-state index in [1.54, 1.807) is 10.9 Å². The molecule has 100 valence electrons. The molecule has 0 aromatic carbocycles. The maximum atomic E-state index is 11.8. The summed E-state index contributed by atoms with van der Waals surface area (Å²) in [4.78, 5) is 11.8. The predicted octanol–water partition coefficient (Wildman–Crippen LogP) is -0.607. The molecule has 0 spiro atoms. The van der Waals surface area contributed by atoms with E-state index < -0.39 is 0 Å². The van der Waals surface area contributed by atoms with E-state index in [1.165, 1.54) is 0 Å². The van der Waals surface area contributed by atoms with Crippen molar-refractivity contribution in [1.82, 2.24) is 20.3 Å². The Morgan fingerprint density at radius 3 is 3.06 bits per heavy atom. The molecular formula is C11H19N5O2. The summed E-state index contributed by atoms with van der Waals surface area (Å²) < 4.78 is 6.84. The average Bonchev–Trinajstić information content (AvgIpc) is 2.86. The van der Waals surface area contributed by atoms with Gasteiger partial charge in [-0.05, 0) is 18.8 Å². The van der Waals surface area contributed by atoms with Crippen molar-refractivity contribution in [1.29, 1.82) is 0 Å². The molecule has 7 nitrogen and oxygen atoms in total. The summed E-state index contributed by atoms with van der Waals surface area (Å²) in [5.41, 5.74) is 5.74. The quantitative estimate of drug-likeness (QED) is 0.730. The van der Waals surface area contributed by atoms with Gasteiger partial charge in [0.05, 0.1) is 12.7 Å². The highest BCUT2D eigenvalue weighted by Crippen LogP contribution is 2.13. The highest BCUT2D eigenvalue weighted by molar-refractivity contribution is 5.91. The third-order valence-electron chi connectivity index (χ3n) is 3.02. The Labute approximate surface area is 106 Å². The molecule has 0 unspecified atom stereocenters. The van der Waals surface area contributed by atoms with Gasteiger partial charge in [-0.25, -0.2) is 0 Å². The molecule has 0 bridgehead atoms. The number of hydrogen-bond acceptors (Lipinski definition) is 5. The summed E-state index contributed by atoms with van der Waals surface area (Å²) in [6.45, 7) is 3.29. The first-order chi connectivity index (χ1) is 8.79. The zero-order chi connectivity index (χ0) is 12.8. The van der Waals surface area contributed by atoms with Crippen LogP contribution in [0.5, 0.6) is 0 Å². The Morgan fingerprint density at radius 1 is 1.56 bits per heavy atom. The summed E-state index contributed by atoms with van der Waals surface area (Å²) in [5.74, 6) is 0.326. The second-order valence-corrected chi connectivity index (χ2v) is 4.42. The topological polar surface area (TPSA) is 95.1 Å². The lowest BCUT2D eigenvalue weighted by Crippen LogP contribution is -2.32. The van der Waals surface area contributed by atoms with Crippen LogP contribution in [-0.2, 0) is 11.3 Å². The first-order valence-electron chi connectivity index (χ1n) is 6.25. The maximum Gasteiger partial charge on any atom is 0.273 e. The lowest BCUT2D eigenvalue weighted by Gasteiger charge is -2.21. The summed E-state index contributed by atoms with van der Waals surface area (Å²) >= 11 is 0. The minimum atomic E-state index is -0.176. The van der Waals surface area contributed by atoms with Crippen LogP contribution in [0.2, 0.25) is 0 Å². The Kier molecular flexibility index (Phi) is 4.66. The van der Waals surface area contributed by atoms with Gasteiger partial charge in [-0.3, -0.25) is 9.48 Å². The van der Waals surface area contributed by atoms with Gasteiger partial charge in [-0.1, -0.05) is 5.21 Å². The van der Waals surface area contributed by atoms with Gasteiger partial charge in [0.2, 0.25) is 0 Å². The summed E-state index contributed by atoms with van der Waals surface area (Å²) in [6, 6.07) is 0. The van der Waals surface area contributed by atoms with Crippen LogP contribution in [-0.4, -0.2) is 47.2 Å². The number of carbonyl (C=O) groups excluding carboxylic acids is 1. The fourth-order valence-electron chi connectivity index (χ4n) is 1.92. The van der Waals surface area contributed by atoms with Gasteiger partial charge >= 0.3 is 0 Å². The molecule has 3 N–H and O–H groups in total. The van der Waals surface area contributed by atoms with E-state index in [9.17, 15) is 4.79 Å². The van der Waals surface area contributed by atoms with Gasteiger partial charge < -0.3 is 15.8 Å². The first-order valence-corrected chi connectivity index (χ1v) is 6.25. The van der Waals surface area contributed by atoms with Crippen molar-refractivity contribution in [3.05, 3.63) is 11.9 Å². The monoisotopic (exact) mass is 253 g/mol. The summed E-state index contributed by atoms with van der Waals surface area (Å²) in [5, 5.41) is 10.5. The molecule has 2 heterocycles. The number of nitrogens with two attached hydrogens (primary N) is 1. The molecule has 18 heavy (non-hydrogen) atoms.